The summed E-state index contributed by atoms with van der Waals surface area (Å²) in [6.45, 7) is 2.48. The number of rotatable bonds is 6. The Bertz CT molecular complexity index is 822. The second-order valence-corrected chi connectivity index (χ2v) is 6.25. The van der Waals surface area contributed by atoms with E-state index in [1.807, 2.05) is 13.0 Å². The number of anilines is 1. The molecule has 144 valence electrons. The first kappa shape index (κ1) is 18.9. The molecule has 1 fully saturated rings. The minimum absolute atomic E-state index is 0.0747. The van der Waals surface area contributed by atoms with Gasteiger partial charge in [-0.2, -0.15) is 0 Å². The highest BCUT2D eigenvalue weighted by molar-refractivity contribution is 5.94. The number of hydrogen-bond acceptors (Lipinski definition) is 3. The summed E-state index contributed by atoms with van der Waals surface area (Å²) in [5, 5.41) is 6.44. The van der Waals surface area contributed by atoms with Crippen LogP contribution in [0, 0.1) is 11.6 Å². The molecule has 1 saturated carbocycles. The Balaban J connectivity index is 1.70. The summed E-state index contributed by atoms with van der Waals surface area (Å²) in [6, 6.07) is 9.31. The molecule has 0 amide bonds. The van der Waals surface area contributed by atoms with E-state index in [0.29, 0.717) is 30.4 Å². The molecule has 0 spiro atoms. The van der Waals surface area contributed by atoms with E-state index < -0.39 is 11.6 Å². The van der Waals surface area contributed by atoms with Crippen molar-refractivity contribution in [3.05, 3.63) is 53.6 Å². The molecule has 2 aromatic carbocycles. The predicted molar refractivity (Wildman–Crippen MR) is 102 cm³/mol. The molecule has 0 heterocycles. The van der Waals surface area contributed by atoms with Gasteiger partial charge < -0.3 is 20.1 Å². The topological polar surface area (TPSA) is 54.9 Å². The van der Waals surface area contributed by atoms with Gasteiger partial charge in [0, 0.05) is 35.8 Å². The third-order valence-electron chi connectivity index (χ3n) is 4.45. The number of benzene rings is 2. The minimum atomic E-state index is -0.508. The Kier molecular flexibility index (Phi) is 5.78. The second-order valence-electron chi connectivity index (χ2n) is 6.25. The zero-order chi connectivity index (χ0) is 19.4. The first-order chi connectivity index (χ1) is 13.1. The molecule has 0 aromatic heterocycles. The maximum atomic E-state index is 14.0. The third-order valence-corrected chi connectivity index (χ3v) is 4.45. The summed E-state index contributed by atoms with van der Waals surface area (Å²) >= 11 is 0. The Labute approximate surface area is 157 Å². The van der Waals surface area contributed by atoms with Crippen LogP contribution in [0.4, 0.5) is 14.5 Å². The fraction of sp³-hybridized carbons (Fsp3) is 0.350. The zero-order valence-corrected chi connectivity index (χ0v) is 15.6. The number of methoxy groups -OCH3 is 2. The molecule has 1 aliphatic carbocycles. The number of guanidine groups is 1. The van der Waals surface area contributed by atoms with Crippen LogP contribution in [-0.2, 0) is 0 Å². The van der Waals surface area contributed by atoms with E-state index in [4.69, 9.17) is 9.47 Å². The monoisotopic (exact) mass is 375 g/mol. The van der Waals surface area contributed by atoms with Crippen LogP contribution in [0.25, 0.3) is 0 Å². The predicted octanol–water partition coefficient (Wildman–Crippen LogP) is 3.92. The van der Waals surface area contributed by atoms with Gasteiger partial charge in [0.05, 0.1) is 14.2 Å². The molecular weight excluding hydrogens is 352 g/mol. The summed E-state index contributed by atoms with van der Waals surface area (Å²) in [4.78, 5) is 4.41. The molecule has 1 aliphatic rings. The van der Waals surface area contributed by atoms with Gasteiger partial charge in [-0.1, -0.05) is 6.07 Å². The van der Waals surface area contributed by atoms with E-state index in [2.05, 4.69) is 15.6 Å². The SMILES string of the molecule is CCN=C(Nc1ccc(OC)c(OC)c1)NC1CC1c1c(F)cccc1F. The smallest absolute Gasteiger partial charge is 0.196 e. The van der Waals surface area contributed by atoms with E-state index in [0.717, 1.165) is 5.69 Å². The van der Waals surface area contributed by atoms with Crippen molar-refractivity contribution in [3.63, 3.8) is 0 Å². The van der Waals surface area contributed by atoms with Gasteiger partial charge >= 0.3 is 0 Å². The summed E-state index contributed by atoms with van der Waals surface area (Å²) in [5.74, 6) is 0.546. The average molecular weight is 375 g/mol. The van der Waals surface area contributed by atoms with Crippen LogP contribution in [0.15, 0.2) is 41.4 Å². The molecule has 2 atom stereocenters. The molecule has 2 unspecified atom stereocenters. The van der Waals surface area contributed by atoms with Gasteiger partial charge in [-0.15, -0.1) is 0 Å². The molecular formula is C20H23F2N3O2. The molecule has 2 N–H and O–H groups in total. The number of ether oxygens (including phenoxy) is 2. The number of aliphatic imine (C=N–C) groups is 1. The molecule has 27 heavy (non-hydrogen) atoms. The average Bonchev–Trinajstić information content (AvgIpc) is 3.40. The second kappa shape index (κ2) is 8.24. The quantitative estimate of drug-likeness (QED) is 0.594. The first-order valence-corrected chi connectivity index (χ1v) is 8.81. The fourth-order valence-corrected chi connectivity index (χ4v) is 3.04. The Morgan fingerprint density at radius 3 is 2.44 bits per heavy atom. The van der Waals surface area contributed by atoms with E-state index >= 15 is 0 Å². The van der Waals surface area contributed by atoms with Crippen molar-refractivity contribution in [1.82, 2.24) is 5.32 Å². The molecule has 0 saturated heterocycles. The van der Waals surface area contributed by atoms with Crippen molar-refractivity contribution >= 4 is 11.6 Å². The van der Waals surface area contributed by atoms with Gasteiger partial charge in [0.15, 0.2) is 17.5 Å². The zero-order valence-electron chi connectivity index (χ0n) is 15.6. The fourth-order valence-electron chi connectivity index (χ4n) is 3.04. The van der Waals surface area contributed by atoms with Crippen LogP contribution >= 0.6 is 0 Å². The van der Waals surface area contributed by atoms with Crippen molar-refractivity contribution in [2.75, 3.05) is 26.1 Å². The largest absolute Gasteiger partial charge is 0.493 e. The first-order valence-electron chi connectivity index (χ1n) is 8.81. The maximum Gasteiger partial charge on any atom is 0.196 e. The standard InChI is InChI=1S/C20H23F2N3O2/c1-4-23-20(24-12-8-9-17(26-2)18(10-12)27-3)25-16-11-13(16)19-14(21)6-5-7-15(19)22/h5-10,13,16H,4,11H2,1-3H3,(H2,23,24,25). The van der Waals surface area contributed by atoms with Crippen molar-refractivity contribution in [2.45, 2.75) is 25.3 Å². The Morgan fingerprint density at radius 1 is 1.11 bits per heavy atom. The lowest BCUT2D eigenvalue weighted by Gasteiger charge is -2.14. The van der Waals surface area contributed by atoms with Gasteiger partial charge in [0.25, 0.3) is 0 Å². The van der Waals surface area contributed by atoms with Gasteiger partial charge in [-0.3, -0.25) is 4.99 Å². The lowest BCUT2D eigenvalue weighted by atomic mass is 10.1. The Morgan fingerprint density at radius 2 is 1.81 bits per heavy atom. The van der Waals surface area contributed by atoms with Crippen molar-refractivity contribution in [2.24, 2.45) is 4.99 Å². The Hall–Kier alpha value is -2.83. The summed E-state index contributed by atoms with van der Waals surface area (Å²) < 4.78 is 38.5. The molecule has 0 radical (unpaired) electrons. The highest BCUT2D eigenvalue weighted by Gasteiger charge is 2.42. The maximum absolute atomic E-state index is 14.0. The van der Waals surface area contributed by atoms with Crippen molar-refractivity contribution in [1.29, 1.82) is 0 Å². The molecule has 3 rings (SSSR count). The lowest BCUT2D eigenvalue weighted by molar-refractivity contribution is 0.355. The van der Waals surface area contributed by atoms with Crippen LogP contribution in [0.3, 0.4) is 0 Å². The lowest BCUT2D eigenvalue weighted by Crippen LogP contribution is -2.33. The molecule has 5 nitrogen and oxygen atoms in total. The van der Waals surface area contributed by atoms with E-state index in [9.17, 15) is 8.78 Å². The summed E-state index contributed by atoms with van der Waals surface area (Å²) in [6.07, 6.45) is 0.647. The molecule has 2 aromatic rings. The minimum Gasteiger partial charge on any atom is -0.493 e. The number of hydrogen-bond donors (Lipinski definition) is 2. The van der Waals surface area contributed by atoms with Crippen LogP contribution in [0.5, 0.6) is 11.5 Å². The number of nitrogens with zero attached hydrogens (tertiary/aromatic N) is 1. The number of halogens is 2. The van der Waals surface area contributed by atoms with Gasteiger partial charge in [0.2, 0.25) is 0 Å². The highest BCUT2D eigenvalue weighted by atomic mass is 19.1. The summed E-state index contributed by atoms with van der Waals surface area (Å²) in [5.41, 5.74) is 0.901. The van der Waals surface area contributed by atoms with Crippen molar-refractivity contribution < 1.29 is 18.3 Å². The van der Waals surface area contributed by atoms with Crippen LogP contribution in [0.1, 0.15) is 24.8 Å². The van der Waals surface area contributed by atoms with E-state index in [-0.39, 0.29) is 17.5 Å². The van der Waals surface area contributed by atoms with Crippen LogP contribution < -0.4 is 20.1 Å². The van der Waals surface area contributed by atoms with Crippen LogP contribution in [0.2, 0.25) is 0 Å². The van der Waals surface area contributed by atoms with Crippen molar-refractivity contribution in [3.8, 4) is 11.5 Å². The highest BCUT2D eigenvalue weighted by Crippen LogP contribution is 2.43. The van der Waals surface area contributed by atoms with E-state index in [1.54, 1.807) is 26.4 Å². The molecule has 0 aliphatic heterocycles. The van der Waals surface area contributed by atoms with E-state index in [1.165, 1.54) is 18.2 Å². The normalized spacial score (nSPS) is 18.8. The van der Waals surface area contributed by atoms with Gasteiger partial charge in [-0.25, -0.2) is 8.78 Å². The van der Waals surface area contributed by atoms with Gasteiger partial charge in [-0.05, 0) is 37.6 Å². The van der Waals surface area contributed by atoms with Gasteiger partial charge in [0.1, 0.15) is 11.6 Å². The molecule has 7 heteroatoms. The molecule has 0 bridgehead atoms. The van der Waals surface area contributed by atoms with Crippen LogP contribution in [-0.4, -0.2) is 32.8 Å². The number of nitrogens with one attached hydrogen (secondary N) is 2. The third kappa shape index (κ3) is 4.30. The summed E-state index contributed by atoms with van der Waals surface area (Å²) in [7, 11) is 3.14.